The van der Waals surface area contributed by atoms with E-state index >= 15 is 0 Å². The van der Waals surface area contributed by atoms with Crippen LogP contribution in [-0.4, -0.2) is 35.2 Å². The summed E-state index contributed by atoms with van der Waals surface area (Å²) >= 11 is 0. The van der Waals surface area contributed by atoms with Crippen LogP contribution in [0.2, 0.25) is 0 Å². The Kier molecular flexibility index (Phi) is 8.18. The first-order valence-corrected chi connectivity index (χ1v) is 12.3. The monoisotopic (exact) mass is 483 g/mol. The third-order valence-corrected chi connectivity index (χ3v) is 6.23. The third kappa shape index (κ3) is 6.61. The summed E-state index contributed by atoms with van der Waals surface area (Å²) in [6, 6.07) is 23.8. The van der Waals surface area contributed by atoms with E-state index in [0.29, 0.717) is 22.8 Å². The lowest BCUT2D eigenvalue weighted by atomic mass is 10.1. The predicted octanol–water partition coefficient (Wildman–Crippen LogP) is 6.17. The zero-order valence-electron chi connectivity index (χ0n) is 21.1. The Morgan fingerprint density at radius 3 is 2.19 bits per heavy atom. The molecule has 0 unspecified atom stereocenters. The van der Waals surface area contributed by atoms with Gasteiger partial charge < -0.3 is 19.7 Å². The van der Waals surface area contributed by atoms with Crippen molar-refractivity contribution in [2.75, 3.05) is 23.3 Å². The number of benzene rings is 2. The van der Waals surface area contributed by atoms with Crippen LogP contribution in [0.1, 0.15) is 40.1 Å². The minimum atomic E-state index is -0.222. The van der Waals surface area contributed by atoms with Crippen LogP contribution in [0, 0.1) is 20.8 Å². The number of hydrogen-bond acceptors (Lipinski definition) is 5. The molecule has 1 aliphatic rings. The number of nitrogens with zero attached hydrogens (tertiary/aromatic N) is 2. The van der Waals surface area contributed by atoms with Crippen molar-refractivity contribution in [3.05, 3.63) is 101 Å². The third-order valence-electron chi connectivity index (χ3n) is 6.23. The van der Waals surface area contributed by atoms with E-state index < -0.39 is 0 Å². The number of aliphatic hydroxyl groups excluding tert-OH is 1. The van der Waals surface area contributed by atoms with Gasteiger partial charge >= 0.3 is 0 Å². The molecule has 186 valence electrons. The fourth-order valence-corrected chi connectivity index (χ4v) is 4.04. The second kappa shape index (κ2) is 11.7. The Morgan fingerprint density at radius 1 is 0.944 bits per heavy atom. The normalized spacial score (nSPS) is 13.6. The van der Waals surface area contributed by atoms with Crippen molar-refractivity contribution in [1.82, 2.24) is 4.98 Å². The molecule has 2 aromatic carbocycles. The van der Waals surface area contributed by atoms with Gasteiger partial charge in [-0.2, -0.15) is 0 Å². The molecule has 1 aliphatic heterocycles. The molecule has 6 nitrogen and oxygen atoms in total. The van der Waals surface area contributed by atoms with E-state index in [2.05, 4.69) is 34.3 Å². The second-order valence-corrected chi connectivity index (χ2v) is 9.18. The number of carbonyl (C=O) groups excluding carboxylic acids is 1. The zero-order chi connectivity index (χ0) is 25.5. The Balaban J connectivity index is 0.000000375. The number of piperidine rings is 1. The number of amides is 1. The molecule has 1 amide bonds. The lowest BCUT2D eigenvalue weighted by molar-refractivity contribution is 0.102. The maximum atomic E-state index is 12.7. The molecule has 3 heterocycles. The number of furan rings is 1. The molecule has 2 N–H and O–H groups in total. The predicted molar refractivity (Wildman–Crippen MR) is 144 cm³/mol. The van der Waals surface area contributed by atoms with Crippen LogP contribution >= 0.6 is 0 Å². The maximum absolute atomic E-state index is 12.7. The molecule has 0 bridgehead atoms. The first-order chi connectivity index (χ1) is 17.4. The van der Waals surface area contributed by atoms with E-state index in [1.54, 1.807) is 19.2 Å². The number of rotatable bonds is 4. The van der Waals surface area contributed by atoms with Gasteiger partial charge in [0.15, 0.2) is 0 Å². The molecule has 6 heteroatoms. The summed E-state index contributed by atoms with van der Waals surface area (Å²) < 4.78 is 5.80. The summed E-state index contributed by atoms with van der Waals surface area (Å²) in [5.74, 6) is 1.89. The Bertz CT molecular complexity index is 1260. The van der Waals surface area contributed by atoms with Gasteiger partial charge in [0, 0.05) is 18.7 Å². The summed E-state index contributed by atoms with van der Waals surface area (Å²) in [5, 5.41) is 12.5. The Morgan fingerprint density at radius 2 is 1.61 bits per heavy atom. The van der Waals surface area contributed by atoms with Crippen molar-refractivity contribution < 1.29 is 14.3 Å². The standard InChI is InChI=1S/C23H25N3O3.C7H8/c1-15-3-5-17(6-4-15)21-13-20(16(2)29-21)23(28)25-18-7-8-22(24-14-18)26-11-9-19(27)10-12-26;1-7-5-3-2-4-6-7/h3-8,13-14,19,27H,9-12H2,1-2H3,(H,25,28);2-6H,1H3. The van der Waals surface area contributed by atoms with Gasteiger partial charge in [-0.15, -0.1) is 0 Å². The van der Waals surface area contributed by atoms with Gasteiger partial charge in [-0.05, 0) is 51.8 Å². The van der Waals surface area contributed by atoms with Crippen LogP contribution in [0.15, 0.2) is 83.4 Å². The number of nitrogens with one attached hydrogen (secondary N) is 1. The number of pyridine rings is 1. The molecule has 0 atom stereocenters. The fourth-order valence-electron chi connectivity index (χ4n) is 4.04. The highest BCUT2D eigenvalue weighted by Crippen LogP contribution is 2.26. The summed E-state index contributed by atoms with van der Waals surface area (Å²) in [6.07, 6.45) is 2.95. The van der Waals surface area contributed by atoms with E-state index in [-0.39, 0.29) is 12.0 Å². The summed E-state index contributed by atoms with van der Waals surface area (Å²) in [5.41, 5.74) is 4.58. The highest BCUT2D eigenvalue weighted by Gasteiger charge is 2.19. The molecule has 2 aromatic heterocycles. The van der Waals surface area contributed by atoms with Crippen LogP contribution in [0.5, 0.6) is 0 Å². The van der Waals surface area contributed by atoms with Crippen LogP contribution < -0.4 is 10.2 Å². The molecule has 0 aliphatic carbocycles. The van der Waals surface area contributed by atoms with Gasteiger partial charge in [-0.3, -0.25) is 4.79 Å². The molecule has 0 radical (unpaired) electrons. The molecule has 0 saturated carbocycles. The number of carbonyl (C=O) groups is 1. The lowest BCUT2D eigenvalue weighted by Gasteiger charge is -2.30. The number of anilines is 2. The van der Waals surface area contributed by atoms with Gasteiger partial charge in [0.2, 0.25) is 0 Å². The number of aromatic nitrogens is 1. The van der Waals surface area contributed by atoms with Crippen molar-refractivity contribution >= 4 is 17.4 Å². The first-order valence-electron chi connectivity index (χ1n) is 12.3. The van der Waals surface area contributed by atoms with E-state index in [1.807, 2.05) is 61.5 Å². The second-order valence-electron chi connectivity index (χ2n) is 9.18. The Hall–Kier alpha value is -3.90. The molecule has 0 spiro atoms. The van der Waals surface area contributed by atoms with Crippen LogP contribution in [0.4, 0.5) is 11.5 Å². The topological polar surface area (TPSA) is 78.6 Å². The van der Waals surface area contributed by atoms with Crippen molar-refractivity contribution in [3.8, 4) is 11.3 Å². The Labute approximate surface area is 212 Å². The van der Waals surface area contributed by atoms with Gasteiger partial charge in [0.25, 0.3) is 5.91 Å². The number of hydrogen-bond donors (Lipinski definition) is 2. The van der Waals surface area contributed by atoms with Crippen LogP contribution in [0.25, 0.3) is 11.3 Å². The smallest absolute Gasteiger partial charge is 0.259 e. The molecule has 1 saturated heterocycles. The highest BCUT2D eigenvalue weighted by molar-refractivity contribution is 6.05. The maximum Gasteiger partial charge on any atom is 0.259 e. The van der Waals surface area contributed by atoms with Crippen LogP contribution in [-0.2, 0) is 0 Å². The minimum absolute atomic E-state index is 0.215. The number of aliphatic hydroxyl groups is 1. The van der Waals surface area contributed by atoms with E-state index in [9.17, 15) is 9.90 Å². The highest BCUT2D eigenvalue weighted by atomic mass is 16.3. The molecule has 4 aromatic rings. The molecular weight excluding hydrogens is 450 g/mol. The summed E-state index contributed by atoms with van der Waals surface area (Å²) in [4.78, 5) is 19.3. The van der Waals surface area contributed by atoms with Crippen molar-refractivity contribution in [2.24, 2.45) is 0 Å². The molecule has 5 rings (SSSR count). The van der Waals surface area contributed by atoms with E-state index in [0.717, 1.165) is 37.3 Å². The largest absolute Gasteiger partial charge is 0.461 e. The van der Waals surface area contributed by atoms with Gasteiger partial charge in [-0.1, -0.05) is 65.7 Å². The average molecular weight is 484 g/mol. The lowest BCUT2D eigenvalue weighted by Crippen LogP contribution is -2.36. The van der Waals surface area contributed by atoms with Gasteiger partial charge in [0.05, 0.1) is 23.6 Å². The van der Waals surface area contributed by atoms with Crippen molar-refractivity contribution in [1.29, 1.82) is 0 Å². The quantitative estimate of drug-likeness (QED) is 0.363. The number of aryl methyl sites for hydroxylation is 3. The van der Waals surface area contributed by atoms with Crippen molar-refractivity contribution in [2.45, 2.75) is 39.7 Å². The summed E-state index contributed by atoms with van der Waals surface area (Å²) in [6.45, 7) is 7.48. The zero-order valence-corrected chi connectivity index (χ0v) is 21.1. The van der Waals surface area contributed by atoms with Gasteiger partial charge in [0.1, 0.15) is 17.3 Å². The molecule has 36 heavy (non-hydrogen) atoms. The van der Waals surface area contributed by atoms with Crippen LogP contribution in [0.3, 0.4) is 0 Å². The fraction of sp³-hybridized carbons (Fsp3) is 0.267. The molecule has 1 fully saturated rings. The first kappa shape index (κ1) is 25.2. The van der Waals surface area contributed by atoms with E-state index in [4.69, 9.17) is 4.42 Å². The SMILES string of the molecule is Cc1ccc(-c2cc(C(=O)Nc3ccc(N4CCC(O)CC4)nc3)c(C)o2)cc1.Cc1ccccc1. The van der Waals surface area contributed by atoms with Gasteiger partial charge in [-0.25, -0.2) is 4.98 Å². The summed E-state index contributed by atoms with van der Waals surface area (Å²) in [7, 11) is 0. The average Bonchev–Trinajstić information content (AvgIpc) is 3.28. The minimum Gasteiger partial charge on any atom is -0.461 e. The molecular formula is C30H33N3O3. The van der Waals surface area contributed by atoms with Crippen molar-refractivity contribution in [3.63, 3.8) is 0 Å². The van der Waals surface area contributed by atoms with E-state index in [1.165, 1.54) is 11.1 Å².